The van der Waals surface area contributed by atoms with Crippen LogP contribution in [0.3, 0.4) is 0 Å². The van der Waals surface area contributed by atoms with Crippen LogP contribution in [0.5, 0.6) is 0 Å². The summed E-state index contributed by atoms with van der Waals surface area (Å²) in [5.74, 6) is 0. The van der Waals surface area contributed by atoms with E-state index >= 15 is 0 Å². The van der Waals surface area contributed by atoms with Gasteiger partial charge in [-0.05, 0) is 36.1 Å². The quantitative estimate of drug-likeness (QED) is 0.147. The van der Waals surface area contributed by atoms with Crippen LogP contribution in [-0.4, -0.2) is 43.4 Å². The lowest BCUT2D eigenvalue weighted by atomic mass is 10.0. The first-order chi connectivity index (χ1) is 17.2. The first kappa shape index (κ1) is 29.5. The lowest BCUT2D eigenvalue weighted by molar-refractivity contribution is -0.537. The van der Waals surface area contributed by atoms with Gasteiger partial charge >= 0.3 is 0 Å². The number of ether oxygens (including phenoxy) is 2. The molecule has 0 aliphatic carbocycles. The van der Waals surface area contributed by atoms with Gasteiger partial charge in [-0.15, -0.1) is 12.4 Å². The molecule has 0 aliphatic rings. The van der Waals surface area contributed by atoms with Crippen molar-refractivity contribution in [1.29, 1.82) is 0 Å². The predicted molar refractivity (Wildman–Crippen MR) is 146 cm³/mol. The van der Waals surface area contributed by atoms with Gasteiger partial charge in [0.1, 0.15) is 6.10 Å². The molecule has 2 unspecified atom stereocenters. The minimum atomic E-state index is -0.791. The number of halogens is 1. The second-order valence-corrected chi connectivity index (χ2v) is 8.60. The molecule has 0 aromatic heterocycles. The van der Waals surface area contributed by atoms with Crippen LogP contribution in [-0.2, 0) is 28.9 Å². The van der Waals surface area contributed by atoms with Gasteiger partial charge in [0.25, 0.3) is 0 Å². The molecule has 36 heavy (non-hydrogen) atoms. The number of benzene rings is 3. The Balaban J connectivity index is 0.00000456. The Morgan fingerprint density at radius 3 is 1.86 bits per heavy atom. The standard InChI is InChI=1S/C29H36N2O4.ClH/c32-31(33)28(17-21-30-20-16-25-10-4-1-5-11-25)29(35-24-27-14-8-3-9-15-27)19-23-34-22-18-26-12-6-2-7-13-26;/h1-15,28-30H,16-24H2;1H. The van der Waals surface area contributed by atoms with Gasteiger partial charge in [-0.1, -0.05) is 91.0 Å². The molecule has 2 atom stereocenters. The molecule has 0 saturated carbocycles. The Morgan fingerprint density at radius 2 is 1.28 bits per heavy atom. The SMILES string of the molecule is Cl.O=[N+]([O-])C(CCNCCc1ccccc1)C(CCOCCc1ccccc1)OCc1ccccc1. The van der Waals surface area contributed by atoms with Gasteiger partial charge in [0.2, 0.25) is 6.04 Å². The molecule has 3 aromatic carbocycles. The highest BCUT2D eigenvalue weighted by atomic mass is 35.5. The Bertz CT molecular complexity index is 961. The monoisotopic (exact) mass is 512 g/mol. The van der Waals surface area contributed by atoms with Crippen LogP contribution in [0.25, 0.3) is 0 Å². The molecule has 0 radical (unpaired) electrons. The molecule has 6 nitrogen and oxygen atoms in total. The second kappa shape index (κ2) is 17.6. The average molecular weight is 513 g/mol. The van der Waals surface area contributed by atoms with Gasteiger partial charge in [-0.3, -0.25) is 10.1 Å². The summed E-state index contributed by atoms with van der Waals surface area (Å²) in [6.07, 6.45) is 2.09. The maximum absolute atomic E-state index is 12.0. The number of rotatable bonds is 17. The third kappa shape index (κ3) is 11.3. The van der Waals surface area contributed by atoms with Crippen molar-refractivity contribution in [2.45, 2.75) is 44.4 Å². The van der Waals surface area contributed by atoms with Gasteiger partial charge < -0.3 is 14.8 Å². The van der Waals surface area contributed by atoms with E-state index in [-0.39, 0.29) is 17.3 Å². The van der Waals surface area contributed by atoms with E-state index in [0.717, 1.165) is 24.9 Å². The van der Waals surface area contributed by atoms with Crippen molar-refractivity contribution in [3.8, 4) is 0 Å². The highest BCUT2D eigenvalue weighted by Gasteiger charge is 2.31. The van der Waals surface area contributed by atoms with Crippen LogP contribution in [0.15, 0.2) is 91.0 Å². The molecule has 0 saturated heterocycles. The van der Waals surface area contributed by atoms with Crippen LogP contribution in [0.2, 0.25) is 0 Å². The topological polar surface area (TPSA) is 73.6 Å². The van der Waals surface area contributed by atoms with Gasteiger partial charge in [0, 0.05) is 30.9 Å². The summed E-state index contributed by atoms with van der Waals surface area (Å²) >= 11 is 0. The summed E-state index contributed by atoms with van der Waals surface area (Å²) in [6, 6.07) is 29.4. The molecule has 1 N–H and O–H groups in total. The second-order valence-electron chi connectivity index (χ2n) is 8.60. The summed E-state index contributed by atoms with van der Waals surface area (Å²) in [6.45, 7) is 2.71. The third-order valence-corrected chi connectivity index (χ3v) is 5.98. The molecule has 194 valence electrons. The van der Waals surface area contributed by atoms with E-state index in [9.17, 15) is 10.1 Å². The lowest BCUT2D eigenvalue weighted by Gasteiger charge is -2.22. The highest BCUT2D eigenvalue weighted by Crippen LogP contribution is 2.15. The summed E-state index contributed by atoms with van der Waals surface area (Å²) in [7, 11) is 0. The largest absolute Gasteiger partial charge is 0.381 e. The van der Waals surface area contributed by atoms with E-state index in [2.05, 4.69) is 29.6 Å². The van der Waals surface area contributed by atoms with Crippen molar-refractivity contribution < 1.29 is 14.4 Å². The van der Waals surface area contributed by atoms with Crippen molar-refractivity contribution in [2.24, 2.45) is 0 Å². The molecule has 0 aliphatic heterocycles. The number of nitrogens with one attached hydrogen (secondary N) is 1. The van der Waals surface area contributed by atoms with Crippen molar-refractivity contribution >= 4 is 12.4 Å². The maximum Gasteiger partial charge on any atom is 0.240 e. The smallest absolute Gasteiger partial charge is 0.240 e. The number of hydrogen-bond acceptors (Lipinski definition) is 5. The predicted octanol–water partition coefficient (Wildman–Crippen LogP) is 5.51. The van der Waals surface area contributed by atoms with Crippen LogP contribution in [0, 0.1) is 10.1 Å². The Kier molecular flexibility index (Phi) is 14.4. The Labute approximate surface area is 220 Å². The molecule has 0 bridgehead atoms. The molecule has 3 rings (SSSR count). The zero-order valence-electron chi connectivity index (χ0n) is 20.7. The fourth-order valence-electron chi connectivity index (χ4n) is 3.98. The molecule has 3 aromatic rings. The minimum absolute atomic E-state index is 0. The molecule has 0 amide bonds. The zero-order valence-corrected chi connectivity index (χ0v) is 21.5. The van der Waals surface area contributed by atoms with E-state index in [1.165, 1.54) is 11.1 Å². The van der Waals surface area contributed by atoms with Crippen molar-refractivity contribution in [1.82, 2.24) is 5.32 Å². The molecule has 0 heterocycles. The average Bonchev–Trinajstić information content (AvgIpc) is 2.90. The summed E-state index contributed by atoms with van der Waals surface area (Å²) in [5, 5.41) is 15.3. The number of hydrogen-bond donors (Lipinski definition) is 1. The molecular formula is C29H37ClN2O4. The normalized spacial score (nSPS) is 12.4. The fraction of sp³-hybridized carbons (Fsp3) is 0.379. The van der Waals surface area contributed by atoms with Gasteiger partial charge in [-0.2, -0.15) is 0 Å². The van der Waals surface area contributed by atoms with Gasteiger partial charge in [0.05, 0.1) is 13.2 Å². The number of nitrogens with zero attached hydrogens (tertiary/aromatic N) is 1. The van der Waals surface area contributed by atoms with E-state index in [4.69, 9.17) is 9.47 Å². The lowest BCUT2D eigenvalue weighted by Crippen LogP contribution is -2.39. The Hall–Kier alpha value is -2.77. The Morgan fingerprint density at radius 1 is 0.722 bits per heavy atom. The first-order valence-corrected chi connectivity index (χ1v) is 12.4. The summed E-state index contributed by atoms with van der Waals surface area (Å²) in [4.78, 5) is 11.8. The van der Waals surface area contributed by atoms with Crippen molar-refractivity contribution in [3.05, 3.63) is 118 Å². The molecular weight excluding hydrogens is 476 g/mol. The van der Waals surface area contributed by atoms with E-state index in [0.29, 0.717) is 39.2 Å². The minimum Gasteiger partial charge on any atom is -0.381 e. The summed E-state index contributed by atoms with van der Waals surface area (Å²) < 4.78 is 11.9. The van der Waals surface area contributed by atoms with Crippen LogP contribution < -0.4 is 5.32 Å². The maximum atomic E-state index is 12.0. The van der Waals surface area contributed by atoms with E-state index in [1.807, 2.05) is 66.7 Å². The molecule has 0 fully saturated rings. The zero-order chi connectivity index (χ0) is 24.6. The van der Waals surface area contributed by atoms with E-state index in [1.54, 1.807) is 0 Å². The van der Waals surface area contributed by atoms with Gasteiger partial charge in [-0.25, -0.2) is 0 Å². The number of nitro groups is 1. The van der Waals surface area contributed by atoms with Crippen molar-refractivity contribution in [3.63, 3.8) is 0 Å². The van der Waals surface area contributed by atoms with Crippen LogP contribution in [0.4, 0.5) is 0 Å². The highest BCUT2D eigenvalue weighted by molar-refractivity contribution is 5.85. The summed E-state index contributed by atoms with van der Waals surface area (Å²) in [5.41, 5.74) is 3.47. The molecule has 0 spiro atoms. The third-order valence-electron chi connectivity index (χ3n) is 5.98. The van der Waals surface area contributed by atoms with Gasteiger partial charge in [0.15, 0.2) is 0 Å². The molecule has 7 heteroatoms. The fourth-order valence-corrected chi connectivity index (χ4v) is 3.98. The van der Waals surface area contributed by atoms with E-state index < -0.39 is 12.1 Å². The van der Waals surface area contributed by atoms with Crippen LogP contribution >= 0.6 is 12.4 Å². The van der Waals surface area contributed by atoms with Crippen molar-refractivity contribution in [2.75, 3.05) is 26.3 Å². The first-order valence-electron chi connectivity index (χ1n) is 12.4. The van der Waals surface area contributed by atoms with Crippen LogP contribution in [0.1, 0.15) is 29.5 Å².